The van der Waals surface area contributed by atoms with Crippen molar-refractivity contribution >= 4 is 39.6 Å². The second-order valence-corrected chi connectivity index (χ2v) is 5.66. The zero-order valence-electron chi connectivity index (χ0n) is 10.5. The molecule has 0 spiro atoms. The van der Waals surface area contributed by atoms with Gasteiger partial charge in [-0.3, -0.25) is 4.79 Å². The van der Waals surface area contributed by atoms with Gasteiger partial charge < -0.3 is 9.67 Å². The molecular formula is C15H11IN2O2. The van der Waals surface area contributed by atoms with E-state index in [2.05, 4.69) is 27.6 Å². The molecule has 0 saturated carbocycles. The van der Waals surface area contributed by atoms with Gasteiger partial charge in [-0.05, 0) is 46.9 Å². The van der Waals surface area contributed by atoms with E-state index in [0.717, 1.165) is 20.2 Å². The molecule has 0 aliphatic heterocycles. The van der Waals surface area contributed by atoms with E-state index in [1.165, 1.54) is 0 Å². The predicted octanol–water partition coefficient (Wildman–Crippen LogP) is 3.39. The van der Waals surface area contributed by atoms with Crippen molar-refractivity contribution in [2.75, 3.05) is 0 Å². The largest absolute Gasteiger partial charge is 0.480 e. The highest BCUT2D eigenvalue weighted by Crippen LogP contribution is 2.25. The van der Waals surface area contributed by atoms with Crippen LogP contribution in [0.5, 0.6) is 0 Å². The van der Waals surface area contributed by atoms with Crippen LogP contribution in [0.25, 0.3) is 22.4 Å². The molecule has 1 heterocycles. The summed E-state index contributed by atoms with van der Waals surface area (Å²) < 4.78 is 2.87. The van der Waals surface area contributed by atoms with Crippen LogP contribution in [0, 0.1) is 3.57 Å². The fourth-order valence-electron chi connectivity index (χ4n) is 2.19. The Balaban J connectivity index is 2.23. The lowest BCUT2D eigenvalue weighted by Crippen LogP contribution is -2.09. The van der Waals surface area contributed by atoms with Gasteiger partial charge in [0.25, 0.3) is 0 Å². The van der Waals surface area contributed by atoms with Crippen LogP contribution in [-0.2, 0) is 11.3 Å². The van der Waals surface area contributed by atoms with Gasteiger partial charge in [0.15, 0.2) is 0 Å². The first-order valence-corrected chi connectivity index (χ1v) is 7.16. The van der Waals surface area contributed by atoms with Gasteiger partial charge in [0.05, 0.1) is 11.0 Å². The van der Waals surface area contributed by atoms with E-state index in [9.17, 15) is 4.79 Å². The van der Waals surface area contributed by atoms with E-state index in [4.69, 9.17) is 5.11 Å². The van der Waals surface area contributed by atoms with Crippen molar-refractivity contribution < 1.29 is 9.90 Å². The summed E-state index contributed by atoms with van der Waals surface area (Å²) in [7, 11) is 0. The molecule has 0 atom stereocenters. The van der Waals surface area contributed by atoms with Gasteiger partial charge in [0, 0.05) is 9.13 Å². The third kappa shape index (κ3) is 2.40. The molecule has 1 N–H and O–H groups in total. The number of nitrogens with zero attached hydrogens (tertiary/aromatic N) is 2. The van der Waals surface area contributed by atoms with Gasteiger partial charge in [-0.1, -0.05) is 24.3 Å². The summed E-state index contributed by atoms with van der Waals surface area (Å²) in [6.07, 6.45) is 0. The Bertz CT molecular complexity index is 778. The normalized spacial score (nSPS) is 10.8. The van der Waals surface area contributed by atoms with Crippen molar-refractivity contribution in [2.24, 2.45) is 0 Å². The van der Waals surface area contributed by atoms with Gasteiger partial charge in [-0.25, -0.2) is 4.98 Å². The van der Waals surface area contributed by atoms with Crippen molar-refractivity contribution in [1.29, 1.82) is 0 Å². The van der Waals surface area contributed by atoms with E-state index in [1.54, 1.807) is 4.57 Å². The molecule has 0 aliphatic carbocycles. The number of carbonyl (C=O) groups is 1. The summed E-state index contributed by atoms with van der Waals surface area (Å²) in [6, 6.07) is 15.5. The molecule has 20 heavy (non-hydrogen) atoms. The van der Waals surface area contributed by atoms with Gasteiger partial charge in [-0.15, -0.1) is 0 Å². The molecule has 0 bridgehead atoms. The summed E-state index contributed by atoms with van der Waals surface area (Å²) in [5.74, 6) is -0.190. The maximum absolute atomic E-state index is 11.1. The van der Waals surface area contributed by atoms with Crippen LogP contribution < -0.4 is 0 Å². The number of hydrogen-bond acceptors (Lipinski definition) is 2. The number of aromatic nitrogens is 2. The average Bonchev–Trinajstić information content (AvgIpc) is 2.78. The Morgan fingerprint density at radius 1 is 1.15 bits per heavy atom. The fourth-order valence-corrected chi connectivity index (χ4v) is 2.55. The number of para-hydroxylation sites is 2. The van der Waals surface area contributed by atoms with E-state index in [-0.39, 0.29) is 6.54 Å². The first-order chi connectivity index (χ1) is 9.65. The van der Waals surface area contributed by atoms with Crippen molar-refractivity contribution in [3.8, 4) is 11.4 Å². The van der Waals surface area contributed by atoms with Crippen LogP contribution in [0.15, 0.2) is 48.5 Å². The van der Waals surface area contributed by atoms with E-state index >= 15 is 0 Å². The first kappa shape index (κ1) is 13.1. The molecule has 2 aromatic carbocycles. The Hall–Kier alpha value is -1.89. The second-order valence-electron chi connectivity index (χ2n) is 4.41. The maximum Gasteiger partial charge on any atom is 0.323 e. The van der Waals surface area contributed by atoms with Gasteiger partial charge in [0.2, 0.25) is 0 Å². The number of fused-ring (bicyclic) bond motifs is 1. The lowest BCUT2D eigenvalue weighted by molar-refractivity contribution is -0.137. The fraction of sp³-hybridized carbons (Fsp3) is 0.0667. The number of imidazole rings is 1. The molecule has 3 aromatic rings. The van der Waals surface area contributed by atoms with Crippen molar-refractivity contribution in [1.82, 2.24) is 9.55 Å². The molecule has 1 aromatic heterocycles. The molecule has 0 unspecified atom stereocenters. The number of carboxylic acid groups (broad SMARTS) is 1. The molecule has 4 nitrogen and oxygen atoms in total. The van der Waals surface area contributed by atoms with Crippen molar-refractivity contribution in [3.05, 3.63) is 52.1 Å². The van der Waals surface area contributed by atoms with Crippen LogP contribution in [0.1, 0.15) is 0 Å². The highest BCUT2D eigenvalue weighted by molar-refractivity contribution is 14.1. The number of benzene rings is 2. The van der Waals surface area contributed by atoms with Gasteiger partial charge in [0.1, 0.15) is 12.4 Å². The quantitative estimate of drug-likeness (QED) is 0.711. The van der Waals surface area contributed by atoms with E-state index in [1.807, 2.05) is 48.5 Å². The Morgan fingerprint density at radius 3 is 2.55 bits per heavy atom. The smallest absolute Gasteiger partial charge is 0.323 e. The molecule has 0 radical (unpaired) electrons. The molecule has 0 saturated heterocycles. The number of carboxylic acids is 1. The third-order valence-corrected chi connectivity index (χ3v) is 3.77. The minimum absolute atomic E-state index is 0.0954. The zero-order chi connectivity index (χ0) is 14.1. The summed E-state index contributed by atoms with van der Waals surface area (Å²) in [6.45, 7) is -0.0954. The Labute approximate surface area is 129 Å². The van der Waals surface area contributed by atoms with E-state index < -0.39 is 5.97 Å². The molecule has 5 heteroatoms. The monoisotopic (exact) mass is 378 g/mol. The number of hydrogen-bond donors (Lipinski definition) is 1. The molecule has 3 rings (SSSR count). The average molecular weight is 378 g/mol. The molecule has 100 valence electrons. The van der Waals surface area contributed by atoms with Gasteiger partial charge in [-0.2, -0.15) is 0 Å². The summed E-state index contributed by atoms with van der Waals surface area (Å²) in [5.41, 5.74) is 2.56. The SMILES string of the molecule is O=C(O)Cn1c(-c2ccc(I)cc2)nc2ccccc21. The van der Waals surface area contributed by atoms with Crippen molar-refractivity contribution in [3.63, 3.8) is 0 Å². The summed E-state index contributed by atoms with van der Waals surface area (Å²) in [5, 5.41) is 9.11. The lowest BCUT2D eigenvalue weighted by atomic mass is 10.2. The highest BCUT2D eigenvalue weighted by Gasteiger charge is 2.14. The zero-order valence-corrected chi connectivity index (χ0v) is 12.6. The number of halogens is 1. The summed E-state index contributed by atoms with van der Waals surface area (Å²) in [4.78, 5) is 15.7. The van der Waals surface area contributed by atoms with Crippen LogP contribution in [0.3, 0.4) is 0 Å². The van der Waals surface area contributed by atoms with Crippen LogP contribution in [-0.4, -0.2) is 20.6 Å². The standard InChI is InChI=1S/C15H11IN2O2/c16-11-7-5-10(6-8-11)15-17-12-3-1-2-4-13(12)18(15)9-14(19)20/h1-8H,9H2,(H,19,20). The molecule has 0 aliphatic rings. The first-order valence-electron chi connectivity index (χ1n) is 6.08. The minimum Gasteiger partial charge on any atom is -0.480 e. The Morgan fingerprint density at radius 2 is 1.85 bits per heavy atom. The second kappa shape index (κ2) is 5.24. The lowest BCUT2D eigenvalue weighted by Gasteiger charge is -2.06. The number of aliphatic carboxylic acids is 1. The Kier molecular flexibility index (Phi) is 3.43. The van der Waals surface area contributed by atoms with E-state index in [0.29, 0.717) is 5.82 Å². The molecule has 0 amide bonds. The van der Waals surface area contributed by atoms with Crippen LogP contribution in [0.2, 0.25) is 0 Å². The molecule has 0 fully saturated rings. The third-order valence-electron chi connectivity index (χ3n) is 3.05. The minimum atomic E-state index is -0.875. The topological polar surface area (TPSA) is 55.1 Å². The van der Waals surface area contributed by atoms with Gasteiger partial charge >= 0.3 is 5.97 Å². The van der Waals surface area contributed by atoms with Crippen LogP contribution in [0.4, 0.5) is 0 Å². The maximum atomic E-state index is 11.1. The van der Waals surface area contributed by atoms with Crippen molar-refractivity contribution in [2.45, 2.75) is 6.54 Å². The van der Waals surface area contributed by atoms with Crippen LogP contribution >= 0.6 is 22.6 Å². The summed E-state index contributed by atoms with van der Waals surface area (Å²) >= 11 is 2.24. The highest BCUT2D eigenvalue weighted by atomic mass is 127. The molecular weight excluding hydrogens is 367 g/mol. The predicted molar refractivity (Wildman–Crippen MR) is 85.5 cm³/mol. The number of rotatable bonds is 3.